The average molecular weight is 666 g/mol. The number of amides is 2. The standard InChI is InChI=1S/C30H51NO15/c32-27-5-6-28(33)31(27)7-8-37-9-10-38-11-12-39-13-14-40-15-16-41-17-18-42-19-20-43-21-22-44-23-24-45-25-26-46-30(36)4-2-1-3-29(34)35/h5-6H,1-4,7-26H2,(H,34,35). The van der Waals surface area contributed by atoms with Gasteiger partial charge in [0.1, 0.15) is 6.61 Å². The van der Waals surface area contributed by atoms with Crippen LogP contribution in [0.25, 0.3) is 0 Å². The van der Waals surface area contributed by atoms with Gasteiger partial charge in [-0.1, -0.05) is 0 Å². The Morgan fingerprint density at radius 1 is 0.478 bits per heavy atom. The van der Waals surface area contributed by atoms with Crippen LogP contribution < -0.4 is 0 Å². The summed E-state index contributed by atoms with van der Waals surface area (Å²) < 4.78 is 53.6. The number of carbonyl (C=O) groups is 4. The number of hydrogen-bond donors (Lipinski definition) is 1. The largest absolute Gasteiger partial charge is 0.481 e. The molecule has 1 rings (SSSR count). The lowest BCUT2D eigenvalue weighted by molar-refractivity contribution is -0.146. The highest BCUT2D eigenvalue weighted by molar-refractivity contribution is 6.12. The molecule has 0 bridgehead atoms. The number of nitrogens with zero attached hydrogens (tertiary/aromatic N) is 1. The van der Waals surface area contributed by atoms with E-state index in [1.165, 1.54) is 12.2 Å². The molecule has 0 fully saturated rings. The van der Waals surface area contributed by atoms with E-state index < -0.39 is 5.97 Å². The molecule has 0 atom stereocenters. The number of imide groups is 1. The van der Waals surface area contributed by atoms with E-state index >= 15 is 0 Å². The van der Waals surface area contributed by atoms with Crippen LogP contribution in [-0.4, -0.2) is 166 Å². The Morgan fingerprint density at radius 3 is 1.13 bits per heavy atom. The summed E-state index contributed by atoms with van der Waals surface area (Å²) in [4.78, 5) is 45.8. The van der Waals surface area contributed by atoms with Crippen molar-refractivity contribution in [2.45, 2.75) is 25.7 Å². The third-order valence-corrected chi connectivity index (χ3v) is 5.85. The number of esters is 1. The van der Waals surface area contributed by atoms with Gasteiger partial charge in [0.15, 0.2) is 0 Å². The fraction of sp³-hybridized carbons (Fsp3) is 0.800. The summed E-state index contributed by atoms with van der Waals surface area (Å²) >= 11 is 0. The van der Waals surface area contributed by atoms with Gasteiger partial charge >= 0.3 is 11.9 Å². The summed E-state index contributed by atoms with van der Waals surface area (Å²) in [6.07, 6.45) is 3.71. The molecule has 266 valence electrons. The molecule has 46 heavy (non-hydrogen) atoms. The second kappa shape index (κ2) is 31.1. The Bertz CT molecular complexity index is 808. The zero-order chi connectivity index (χ0) is 33.3. The average Bonchev–Trinajstić information content (AvgIpc) is 3.36. The monoisotopic (exact) mass is 665 g/mol. The van der Waals surface area contributed by atoms with Gasteiger partial charge in [0.25, 0.3) is 11.8 Å². The zero-order valence-electron chi connectivity index (χ0n) is 26.7. The number of rotatable bonds is 35. The highest BCUT2D eigenvalue weighted by atomic mass is 16.6. The summed E-state index contributed by atoms with van der Waals surface area (Å²) in [5.74, 6) is -1.85. The van der Waals surface area contributed by atoms with Crippen LogP contribution in [0.15, 0.2) is 12.2 Å². The highest BCUT2D eigenvalue weighted by Crippen LogP contribution is 2.03. The lowest BCUT2D eigenvalue weighted by atomic mass is 10.2. The van der Waals surface area contributed by atoms with Gasteiger partial charge in [0.05, 0.1) is 125 Å². The molecule has 16 nitrogen and oxygen atoms in total. The number of hydrogen-bond acceptors (Lipinski definition) is 14. The van der Waals surface area contributed by atoms with Crippen LogP contribution in [0, 0.1) is 0 Å². The number of carbonyl (C=O) groups excluding carboxylic acids is 3. The normalized spacial score (nSPS) is 12.8. The van der Waals surface area contributed by atoms with Gasteiger partial charge in [-0.3, -0.25) is 24.1 Å². The molecule has 0 saturated heterocycles. The minimum absolute atomic E-state index is 0.0548. The second-order valence-corrected chi connectivity index (χ2v) is 9.49. The van der Waals surface area contributed by atoms with E-state index in [4.69, 9.17) is 52.5 Å². The number of carboxylic acids is 1. The Balaban J connectivity index is 1.65. The summed E-state index contributed by atoms with van der Waals surface area (Å²) in [6, 6.07) is 0. The van der Waals surface area contributed by atoms with Gasteiger partial charge < -0.3 is 52.5 Å². The van der Waals surface area contributed by atoms with Crippen molar-refractivity contribution >= 4 is 23.8 Å². The molecule has 0 aromatic carbocycles. The summed E-state index contributed by atoms with van der Waals surface area (Å²) in [7, 11) is 0. The quantitative estimate of drug-likeness (QED) is 0.0552. The van der Waals surface area contributed by atoms with Crippen molar-refractivity contribution in [2.75, 3.05) is 132 Å². The number of carboxylic acid groups (broad SMARTS) is 1. The van der Waals surface area contributed by atoms with E-state index in [1.807, 2.05) is 0 Å². The van der Waals surface area contributed by atoms with Crippen molar-refractivity contribution in [1.82, 2.24) is 4.90 Å². The molecule has 1 aliphatic rings. The maximum atomic E-state index is 11.5. The van der Waals surface area contributed by atoms with Crippen molar-refractivity contribution in [3.05, 3.63) is 12.2 Å². The zero-order valence-corrected chi connectivity index (χ0v) is 26.7. The molecule has 0 saturated carbocycles. The van der Waals surface area contributed by atoms with Gasteiger partial charge in [-0.2, -0.15) is 0 Å². The van der Waals surface area contributed by atoms with Crippen molar-refractivity contribution in [3.8, 4) is 0 Å². The molecular formula is C30H51NO15. The van der Waals surface area contributed by atoms with E-state index in [9.17, 15) is 19.2 Å². The van der Waals surface area contributed by atoms with Crippen molar-refractivity contribution < 1.29 is 71.7 Å². The predicted octanol–water partition coefficient (Wildman–Crippen LogP) is 0.249. The third kappa shape index (κ3) is 26.7. The first-order valence-corrected chi connectivity index (χ1v) is 15.6. The Kier molecular flexibility index (Phi) is 28.0. The molecule has 1 aliphatic heterocycles. The molecule has 1 heterocycles. The van der Waals surface area contributed by atoms with E-state index in [1.54, 1.807) is 0 Å². The first kappa shape index (κ1) is 41.5. The maximum Gasteiger partial charge on any atom is 0.305 e. The van der Waals surface area contributed by atoms with Gasteiger partial charge in [-0.05, 0) is 12.8 Å². The van der Waals surface area contributed by atoms with Gasteiger partial charge in [-0.25, -0.2) is 0 Å². The molecular weight excluding hydrogens is 614 g/mol. The van der Waals surface area contributed by atoms with Crippen LogP contribution in [0.5, 0.6) is 0 Å². The van der Waals surface area contributed by atoms with E-state index in [-0.39, 0.29) is 57.0 Å². The minimum Gasteiger partial charge on any atom is -0.481 e. The van der Waals surface area contributed by atoms with Crippen LogP contribution >= 0.6 is 0 Å². The summed E-state index contributed by atoms with van der Waals surface area (Å²) in [5.41, 5.74) is 0. The van der Waals surface area contributed by atoms with Crippen molar-refractivity contribution in [3.63, 3.8) is 0 Å². The van der Waals surface area contributed by atoms with Crippen LogP contribution in [0.3, 0.4) is 0 Å². The molecule has 0 aromatic heterocycles. The van der Waals surface area contributed by atoms with Crippen LogP contribution in [0.2, 0.25) is 0 Å². The fourth-order valence-electron chi connectivity index (χ4n) is 3.50. The Morgan fingerprint density at radius 2 is 0.783 bits per heavy atom. The maximum absolute atomic E-state index is 11.5. The van der Waals surface area contributed by atoms with Crippen LogP contribution in [-0.2, 0) is 66.5 Å². The minimum atomic E-state index is -0.868. The predicted molar refractivity (Wildman–Crippen MR) is 160 cm³/mol. The molecule has 0 radical (unpaired) electrons. The second-order valence-electron chi connectivity index (χ2n) is 9.49. The summed E-state index contributed by atoms with van der Waals surface area (Å²) in [5, 5.41) is 8.54. The van der Waals surface area contributed by atoms with E-state index in [0.29, 0.717) is 119 Å². The number of unbranched alkanes of at least 4 members (excludes halogenated alkanes) is 1. The SMILES string of the molecule is O=C(O)CCCCC(=O)OCCOCCOCCOCCOCCOCCOCCOCCOCCOCCN1C(=O)C=CC1=O. The van der Waals surface area contributed by atoms with E-state index in [0.717, 1.165) is 4.90 Å². The van der Waals surface area contributed by atoms with Crippen molar-refractivity contribution in [1.29, 1.82) is 0 Å². The molecule has 0 aliphatic carbocycles. The smallest absolute Gasteiger partial charge is 0.305 e. The lowest BCUT2D eigenvalue weighted by Gasteiger charge is -2.13. The molecule has 0 unspecified atom stereocenters. The fourth-order valence-corrected chi connectivity index (χ4v) is 3.50. The van der Waals surface area contributed by atoms with Gasteiger partial charge in [-0.15, -0.1) is 0 Å². The number of aliphatic carboxylic acids is 1. The van der Waals surface area contributed by atoms with Crippen LogP contribution in [0.1, 0.15) is 25.7 Å². The van der Waals surface area contributed by atoms with Gasteiger partial charge in [0.2, 0.25) is 0 Å². The Hall–Kier alpha value is -2.54. The molecule has 0 aromatic rings. The van der Waals surface area contributed by atoms with Gasteiger partial charge in [0, 0.05) is 25.0 Å². The molecule has 16 heteroatoms. The first-order chi connectivity index (χ1) is 22.5. The topological polar surface area (TPSA) is 184 Å². The highest BCUT2D eigenvalue weighted by Gasteiger charge is 2.22. The third-order valence-electron chi connectivity index (χ3n) is 5.85. The number of ether oxygens (including phenoxy) is 10. The van der Waals surface area contributed by atoms with E-state index in [2.05, 4.69) is 0 Å². The summed E-state index contributed by atoms with van der Waals surface area (Å²) in [6.45, 7) is 7.87. The lowest BCUT2D eigenvalue weighted by Crippen LogP contribution is -2.33. The molecule has 1 N–H and O–H groups in total. The Labute approximate surface area is 270 Å². The first-order valence-electron chi connectivity index (χ1n) is 15.6. The van der Waals surface area contributed by atoms with Crippen molar-refractivity contribution in [2.24, 2.45) is 0 Å². The van der Waals surface area contributed by atoms with Crippen LogP contribution in [0.4, 0.5) is 0 Å². The molecule has 0 spiro atoms. The molecule has 2 amide bonds.